The highest BCUT2D eigenvalue weighted by Crippen LogP contribution is 2.36. The van der Waals surface area contributed by atoms with Crippen LogP contribution in [0.5, 0.6) is 0 Å². The Hall–Kier alpha value is -0.583. The molecule has 0 bridgehead atoms. The number of hydrogen-bond donors (Lipinski definition) is 0. The first-order chi connectivity index (χ1) is 8.72. The van der Waals surface area contributed by atoms with E-state index in [4.69, 9.17) is 4.43 Å². The van der Waals surface area contributed by atoms with Crippen LogP contribution in [0.4, 0.5) is 0 Å². The molecule has 1 heterocycles. The minimum atomic E-state index is -1.62. The van der Waals surface area contributed by atoms with Gasteiger partial charge in [0.25, 0.3) is 0 Å². The summed E-state index contributed by atoms with van der Waals surface area (Å²) in [6.07, 6.45) is 3.97. The third-order valence-electron chi connectivity index (χ3n) is 3.52. The molecule has 0 saturated heterocycles. The highest BCUT2D eigenvalue weighted by molar-refractivity contribution is 8.02. The molecular weight excluding hydrogens is 270 g/mol. The zero-order chi connectivity index (χ0) is 14.5. The Labute approximate surface area is 122 Å². The van der Waals surface area contributed by atoms with E-state index in [1.807, 2.05) is 19.2 Å². The van der Waals surface area contributed by atoms with E-state index in [1.165, 1.54) is 5.56 Å². The number of thioether (sulfide) groups is 1. The van der Waals surface area contributed by atoms with Crippen LogP contribution in [0.15, 0.2) is 34.8 Å². The predicted octanol–water partition coefficient (Wildman–Crippen LogP) is 5.02. The topological polar surface area (TPSA) is 22.1 Å². The lowest BCUT2D eigenvalue weighted by Crippen LogP contribution is -2.40. The van der Waals surface area contributed by atoms with Crippen molar-refractivity contribution in [2.24, 2.45) is 0 Å². The van der Waals surface area contributed by atoms with Crippen LogP contribution < -0.4 is 0 Å². The Kier molecular flexibility index (Phi) is 5.83. The van der Waals surface area contributed by atoms with Crippen molar-refractivity contribution in [1.82, 2.24) is 4.98 Å². The van der Waals surface area contributed by atoms with E-state index in [9.17, 15) is 0 Å². The summed E-state index contributed by atoms with van der Waals surface area (Å²) >= 11 is 1.63. The monoisotopic (exact) mass is 295 g/mol. The van der Waals surface area contributed by atoms with Crippen LogP contribution in [0, 0.1) is 6.92 Å². The van der Waals surface area contributed by atoms with Gasteiger partial charge in [0.15, 0.2) is 8.32 Å². The van der Waals surface area contributed by atoms with Crippen LogP contribution in [0.1, 0.15) is 26.3 Å². The second kappa shape index (κ2) is 6.73. The lowest BCUT2D eigenvalue weighted by Gasteiger charge is -2.35. The maximum atomic E-state index is 6.07. The molecule has 0 radical (unpaired) electrons. The third-order valence-corrected chi connectivity index (χ3v) is 8.83. The fourth-order valence-corrected chi connectivity index (χ4v) is 2.67. The zero-order valence-corrected chi connectivity index (χ0v) is 14.7. The zero-order valence-electron chi connectivity index (χ0n) is 12.9. The summed E-state index contributed by atoms with van der Waals surface area (Å²) in [7, 11) is -1.62. The molecule has 0 aliphatic carbocycles. The summed E-state index contributed by atoms with van der Waals surface area (Å²) in [6, 6.07) is 4.12. The van der Waals surface area contributed by atoms with Crippen molar-refractivity contribution in [2.75, 3.05) is 6.61 Å². The lowest BCUT2D eigenvalue weighted by molar-refractivity contribution is 0.328. The fourth-order valence-electron chi connectivity index (χ4n) is 1.15. The Bertz CT molecular complexity index is 421. The average molecular weight is 296 g/mol. The highest BCUT2D eigenvalue weighted by Gasteiger charge is 2.36. The van der Waals surface area contributed by atoms with Crippen LogP contribution in [0.3, 0.4) is 0 Å². The van der Waals surface area contributed by atoms with Gasteiger partial charge in [-0.3, -0.25) is 0 Å². The van der Waals surface area contributed by atoms with Gasteiger partial charge in [0, 0.05) is 6.20 Å². The van der Waals surface area contributed by atoms with Crippen molar-refractivity contribution in [3.8, 4) is 0 Å². The maximum Gasteiger partial charge on any atom is 0.192 e. The number of nitrogens with zero attached hydrogens (tertiary/aromatic N) is 1. The van der Waals surface area contributed by atoms with Gasteiger partial charge >= 0.3 is 0 Å². The number of pyridine rings is 1. The molecule has 0 atom stereocenters. The predicted molar refractivity (Wildman–Crippen MR) is 87.1 cm³/mol. The van der Waals surface area contributed by atoms with Crippen molar-refractivity contribution in [2.45, 2.75) is 50.9 Å². The molecule has 2 nitrogen and oxygen atoms in total. The van der Waals surface area contributed by atoms with Crippen molar-refractivity contribution in [3.63, 3.8) is 0 Å². The number of rotatable bonds is 5. The van der Waals surface area contributed by atoms with E-state index in [-0.39, 0.29) is 5.04 Å². The van der Waals surface area contributed by atoms with E-state index in [0.29, 0.717) is 6.61 Å². The molecule has 0 fully saturated rings. The molecule has 0 aliphatic heterocycles. The third kappa shape index (κ3) is 5.51. The highest BCUT2D eigenvalue weighted by atomic mass is 32.2. The minimum Gasteiger partial charge on any atom is -0.413 e. The van der Waals surface area contributed by atoms with Gasteiger partial charge in [-0.2, -0.15) is 0 Å². The van der Waals surface area contributed by atoms with E-state index < -0.39 is 8.32 Å². The SMILES string of the molecule is Cc1ccc(SC=CCO[Si](C)(C)C(C)(C)C)nc1. The second-order valence-electron chi connectivity index (χ2n) is 6.23. The molecule has 0 unspecified atom stereocenters. The van der Waals surface area contributed by atoms with Gasteiger partial charge in [0.1, 0.15) is 5.03 Å². The van der Waals surface area contributed by atoms with Crippen molar-refractivity contribution in [3.05, 3.63) is 35.4 Å². The van der Waals surface area contributed by atoms with Crippen LogP contribution >= 0.6 is 11.8 Å². The Morgan fingerprint density at radius 2 is 2.00 bits per heavy atom. The summed E-state index contributed by atoms with van der Waals surface area (Å²) in [5.41, 5.74) is 1.19. The van der Waals surface area contributed by atoms with Gasteiger partial charge in [0.05, 0.1) is 6.61 Å². The summed E-state index contributed by atoms with van der Waals surface area (Å²) in [5.74, 6) is 0. The van der Waals surface area contributed by atoms with Crippen LogP contribution in [-0.4, -0.2) is 19.9 Å². The number of aromatic nitrogens is 1. The fraction of sp³-hybridized carbons (Fsp3) is 0.533. The van der Waals surface area contributed by atoms with Crippen molar-refractivity contribution >= 4 is 20.1 Å². The van der Waals surface area contributed by atoms with Gasteiger partial charge in [-0.05, 0) is 42.1 Å². The Balaban J connectivity index is 2.37. The molecule has 19 heavy (non-hydrogen) atoms. The van der Waals surface area contributed by atoms with Crippen LogP contribution in [0.2, 0.25) is 18.1 Å². The molecule has 0 saturated carbocycles. The van der Waals surface area contributed by atoms with E-state index >= 15 is 0 Å². The van der Waals surface area contributed by atoms with E-state index in [1.54, 1.807) is 11.8 Å². The summed E-state index contributed by atoms with van der Waals surface area (Å²) in [5, 5.41) is 3.35. The van der Waals surface area contributed by atoms with Gasteiger partial charge in [-0.25, -0.2) is 4.98 Å². The number of hydrogen-bond acceptors (Lipinski definition) is 3. The first-order valence-electron chi connectivity index (χ1n) is 6.61. The van der Waals surface area contributed by atoms with E-state index in [0.717, 1.165) is 5.03 Å². The van der Waals surface area contributed by atoms with Gasteiger partial charge in [0.2, 0.25) is 0 Å². The van der Waals surface area contributed by atoms with E-state index in [2.05, 4.69) is 56.4 Å². The molecular formula is C15H25NOSSi. The van der Waals surface area contributed by atoms with Gasteiger partial charge < -0.3 is 4.43 Å². The molecule has 4 heteroatoms. The van der Waals surface area contributed by atoms with Crippen LogP contribution in [-0.2, 0) is 4.43 Å². The van der Waals surface area contributed by atoms with Crippen molar-refractivity contribution in [1.29, 1.82) is 0 Å². The second-order valence-corrected chi connectivity index (χ2v) is 12.0. The number of aryl methyl sites for hydroxylation is 1. The average Bonchev–Trinajstić information content (AvgIpc) is 2.29. The van der Waals surface area contributed by atoms with Crippen LogP contribution in [0.25, 0.3) is 0 Å². The summed E-state index contributed by atoms with van der Waals surface area (Å²) in [6.45, 7) is 14.1. The molecule has 0 aliphatic rings. The Morgan fingerprint density at radius 3 is 2.53 bits per heavy atom. The van der Waals surface area contributed by atoms with Crippen molar-refractivity contribution < 1.29 is 4.43 Å². The molecule has 0 spiro atoms. The van der Waals surface area contributed by atoms with Gasteiger partial charge in [-0.15, -0.1) is 0 Å². The normalized spacial score (nSPS) is 13.2. The Morgan fingerprint density at radius 1 is 1.32 bits per heavy atom. The molecule has 0 N–H and O–H groups in total. The molecule has 1 aromatic heterocycles. The molecule has 0 amide bonds. The standard InChI is InChI=1S/C15H25NOSSi/c1-13-8-9-14(16-12-13)18-11-7-10-17-19(5,6)15(2,3)4/h7-9,11-12H,10H2,1-6H3. The minimum absolute atomic E-state index is 0.270. The quantitative estimate of drug-likeness (QED) is 0.562. The molecule has 0 aromatic carbocycles. The molecule has 1 aromatic rings. The first kappa shape index (κ1) is 16.5. The van der Waals surface area contributed by atoms with Gasteiger partial charge in [-0.1, -0.05) is 44.7 Å². The lowest BCUT2D eigenvalue weighted by atomic mass is 10.2. The molecule has 106 valence electrons. The smallest absolute Gasteiger partial charge is 0.192 e. The summed E-state index contributed by atoms with van der Waals surface area (Å²) in [4.78, 5) is 4.34. The summed E-state index contributed by atoms with van der Waals surface area (Å²) < 4.78 is 6.07. The molecule has 1 rings (SSSR count). The maximum absolute atomic E-state index is 6.07. The first-order valence-corrected chi connectivity index (χ1v) is 10.4. The largest absolute Gasteiger partial charge is 0.413 e.